The summed E-state index contributed by atoms with van der Waals surface area (Å²) in [4.78, 5) is 0. The molecule has 0 radical (unpaired) electrons. The minimum atomic E-state index is 0. The second-order valence-electron chi connectivity index (χ2n) is 2.50. The van der Waals surface area contributed by atoms with Crippen LogP contribution in [0.1, 0.15) is 0 Å². The first kappa shape index (κ1) is 9.61. The van der Waals surface area contributed by atoms with Gasteiger partial charge in [-0.15, -0.1) is 12.4 Å². The quantitative estimate of drug-likeness (QED) is 0.735. The third kappa shape index (κ3) is 1.81. The summed E-state index contributed by atoms with van der Waals surface area (Å²) in [5.41, 5.74) is 1.60. The van der Waals surface area contributed by atoms with Crippen LogP contribution in [0, 0.1) is 0 Å². The smallest absolute Gasteiger partial charge is 0.161 e. The molecule has 0 saturated heterocycles. The first-order valence-electron chi connectivity index (χ1n) is 3.65. The standard InChI is InChI=1S/C9H8N2O.ClH/c12-8-6-10-11-9(8)7-4-2-1-3-5-7;/h1-6,12H,(H,10,11);1H. The van der Waals surface area contributed by atoms with Crippen LogP contribution < -0.4 is 0 Å². The summed E-state index contributed by atoms with van der Waals surface area (Å²) in [6.07, 6.45) is 1.39. The van der Waals surface area contributed by atoms with Gasteiger partial charge < -0.3 is 5.11 Å². The van der Waals surface area contributed by atoms with Gasteiger partial charge in [0.15, 0.2) is 5.75 Å². The van der Waals surface area contributed by atoms with E-state index in [9.17, 15) is 5.11 Å². The number of benzene rings is 1. The molecule has 0 bridgehead atoms. The van der Waals surface area contributed by atoms with Gasteiger partial charge in [0.25, 0.3) is 0 Å². The van der Waals surface area contributed by atoms with Gasteiger partial charge in [0.1, 0.15) is 5.69 Å². The van der Waals surface area contributed by atoms with E-state index >= 15 is 0 Å². The number of hydrogen-bond acceptors (Lipinski definition) is 2. The third-order valence-corrected chi connectivity index (χ3v) is 1.68. The molecule has 1 aromatic carbocycles. The monoisotopic (exact) mass is 196 g/mol. The molecule has 0 fully saturated rings. The first-order valence-corrected chi connectivity index (χ1v) is 3.65. The Morgan fingerprint density at radius 2 is 1.85 bits per heavy atom. The van der Waals surface area contributed by atoms with E-state index in [0.717, 1.165) is 5.56 Å². The van der Waals surface area contributed by atoms with Crippen molar-refractivity contribution < 1.29 is 5.11 Å². The summed E-state index contributed by atoms with van der Waals surface area (Å²) in [5, 5.41) is 15.8. The van der Waals surface area contributed by atoms with Gasteiger partial charge in [-0.25, -0.2) is 0 Å². The SMILES string of the molecule is Cl.Oc1cn[nH]c1-c1ccccc1. The maximum atomic E-state index is 9.31. The third-order valence-electron chi connectivity index (χ3n) is 1.68. The molecule has 0 spiro atoms. The molecule has 3 nitrogen and oxygen atoms in total. The number of nitrogens with one attached hydrogen (secondary N) is 1. The lowest BCUT2D eigenvalue weighted by atomic mass is 10.1. The van der Waals surface area contributed by atoms with Gasteiger partial charge in [-0.2, -0.15) is 5.10 Å². The van der Waals surface area contributed by atoms with E-state index in [1.807, 2.05) is 30.3 Å². The van der Waals surface area contributed by atoms with Crippen LogP contribution in [0.3, 0.4) is 0 Å². The number of aromatic nitrogens is 2. The van der Waals surface area contributed by atoms with Gasteiger partial charge in [0, 0.05) is 5.56 Å². The van der Waals surface area contributed by atoms with E-state index in [2.05, 4.69) is 10.2 Å². The molecule has 0 amide bonds. The number of H-pyrrole nitrogens is 1. The van der Waals surface area contributed by atoms with Crippen LogP contribution in [0.4, 0.5) is 0 Å². The largest absolute Gasteiger partial charge is 0.504 e. The maximum absolute atomic E-state index is 9.31. The molecule has 0 unspecified atom stereocenters. The van der Waals surface area contributed by atoms with Crippen LogP contribution in [-0.2, 0) is 0 Å². The number of halogens is 1. The highest BCUT2D eigenvalue weighted by molar-refractivity contribution is 5.85. The molecule has 2 rings (SSSR count). The van der Waals surface area contributed by atoms with Crippen LogP contribution in [-0.4, -0.2) is 15.3 Å². The van der Waals surface area contributed by atoms with Crippen LogP contribution in [0.5, 0.6) is 5.75 Å². The van der Waals surface area contributed by atoms with Crippen LogP contribution >= 0.6 is 12.4 Å². The normalized spacial score (nSPS) is 9.23. The molecule has 2 N–H and O–H groups in total. The van der Waals surface area contributed by atoms with E-state index in [1.165, 1.54) is 6.20 Å². The predicted octanol–water partition coefficient (Wildman–Crippen LogP) is 2.20. The molecule has 68 valence electrons. The van der Waals surface area contributed by atoms with E-state index in [1.54, 1.807) is 0 Å². The maximum Gasteiger partial charge on any atom is 0.161 e. The lowest BCUT2D eigenvalue weighted by molar-refractivity contribution is 0.477. The number of nitrogens with zero attached hydrogens (tertiary/aromatic N) is 1. The summed E-state index contributed by atoms with van der Waals surface area (Å²) in [5.74, 6) is 0.182. The van der Waals surface area contributed by atoms with Crippen molar-refractivity contribution >= 4 is 12.4 Å². The zero-order valence-corrected chi connectivity index (χ0v) is 7.58. The number of hydrogen-bond donors (Lipinski definition) is 2. The van der Waals surface area contributed by atoms with Crippen molar-refractivity contribution in [3.63, 3.8) is 0 Å². The molecule has 1 aromatic heterocycles. The van der Waals surface area contributed by atoms with Gasteiger partial charge in [-0.1, -0.05) is 30.3 Å². The van der Waals surface area contributed by atoms with E-state index in [0.29, 0.717) is 5.69 Å². The Balaban J connectivity index is 0.000000845. The summed E-state index contributed by atoms with van der Waals surface area (Å²) in [6.45, 7) is 0. The average Bonchev–Trinajstić information content (AvgIpc) is 2.53. The van der Waals surface area contributed by atoms with E-state index in [4.69, 9.17) is 0 Å². The van der Waals surface area contributed by atoms with Crippen molar-refractivity contribution in [2.45, 2.75) is 0 Å². The topological polar surface area (TPSA) is 48.9 Å². The molecular formula is C9H9ClN2O. The second-order valence-corrected chi connectivity index (χ2v) is 2.50. The molecule has 0 aliphatic carbocycles. The minimum absolute atomic E-state index is 0. The Kier molecular flexibility index (Phi) is 2.93. The molecule has 4 heteroatoms. The van der Waals surface area contributed by atoms with Gasteiger partial charge in [-0.05, 0) is 0 Å². The van der Waals surface area contributed by atoms with Crippen molar-refractivity contribution in [2.24, 2.45) is 0 Å². The molecule has 13 heavy (non-hydrogen) atoms. The lowest BCUT2D eigenvalue weighted by Crippen LogP contribution is -1.76. The summed E-state index contributed by atoms with van der Waals surface area (Å²) >= 11 is 0. The number of rotatable bonds is 1. The van der Waals surface area contributed by atoms with Crippen molar-refractivity contribution in [1.82, 2.24) is 10.2 Å². The lowest BCUT2D eigenvalue weighted by Gasteiger charge is -1.95. The van der Waals surface area contributed by atoms with Gasteiger partial charge >= 0.3 is 0 Å². The Hall–Kier alpha value is -1.48. The van der Waals surface area contributed by atoms with Crippen LogP contribution in [0.2, 0.25) is 0 Å². The molecular weight excluding hydrogens is 188 g/mol. The highest BCUT2D eigenvalue weighted by Crippen LogP contribution is 2.24. The predicted molar refractivity (Wildman–Crippen MR) is 52.9 cm³/mol. The molecule has 1 heterocycles. The highest BCUT2D eigenvalue weighted by atomic mass is 35.5. The van der Waals surface area contributed by atoms with Gasteiger partial charge in [-0.3, -0.25) is 5.10 Å². The minimum Gasteiger partial charge on any atom is -0.504 e. The average molecular weight is 197 g/mol. The number of aromatic amines is 1. The van der Waals surface area contributed by atoms with E-state index < -0.39 is 0 Å². The Morgan fingerprint density at radius 1 is 1.15 bits per heavy atom. The highest BCUT2D eigenvalue weighted by Gasteiger charge is 2.03. The summed E-state index contributed by atoms with van der Waals surface area (Å²) < 4.78 is 0. The second kappa shape index (κ2) is 3.96. The van der Waals surface area contributed by atoms with Crippen molar-refractivity contribution in [3.05, 3.63) is 36.5 Å². The van der Waals surface area contributed by atoms with Crippen molar-refractivity contribution in [3.8, 4) is 17.0 Å². The van der Waals surface area contributed by atoms with Crippen molar-refractivity contribution in [1.29, 1.82) is 0 Å². The number of aromatic hydroxyl groups is 1. The fourth-order valence-electron chi connectivity index (χ4n) is 1.10. The molecule has 0 aliphatic rings. The first-order chi connectivity index (χ1) is 5.88. The Labute approximate surface area is 81.8 Å². The summed E-state index contributed by atoms with van der Waals surface area (Å²) in [7, 11) is 0. The summed E-state index contributed by atoms with van der Waals surface area (Å²) in [6, 6.07) is 9.57. The van der Waals surface area contributed by atoms with Crippen LogP contribution in [0.25, 0.3) is 11.3 Å². The molecule has 0 atom stereocenters. The van der Waals surface area contributed by atoms with Crippen molar-refractivity contribution in [2.75, 3.05) is 0 Å². The van der Waals surface area contributed by atoms with E-state index in [-0.39, 0.29) is 18.2 Å². The molecule has 0 saturated carbocycles. The Bertz CT molecular complexity index is 372. The zero-order chi connectivity index (χ0) is 8.39. The fourth-order valence-corrected chi connectivity index (χ4v) is 1.10. The van der Waals surface area contributed by atoms with Crippen LogP contribution in [0.15, 0.2) is 36.5 Å². The molecule has 2 aromatic rings. The van der Waals surface area contributed by atoms with Gasteiger partial charge in [0.05, 0.1) is 6.20 Å². The fraction of sp³-hybridized carbons (Fsp3) is 0. The Morgan fingerprint density at radius 3 is 2.38 bits per heavy atom. The van der Waals surface area contributed by atoms with Gasteiger partial charge in [0.2, 0.25) is 0 Å². The zero-order valence-electron chi connectivity index (χ0n) is 6.77. The molecule has 0 aliphatic heterocycles.